The van der Waals surface area contributed by atoms with Crippen LogP contribution < -0.4 is 0 Å². The number of nitro benzene ring substituents is 1. The van der Waals surface area contributed by atoms with E-state index in [9.17, 15) is 19.7 Å². The molecule has 0 saturated heterocycles. The van der Waals surface area contributed by atoms with E-state index in [4.69, 9.17) is 16.7 Å². The largest absolute Gasteiger partial charge is 0.480 e. The molecule has 0 aliphatic rings. The predicted octanol–water partition coefficient (Wildman–Crippen LogP) is 1.79. The van der Waals surface area contributed by atoms with Crippen LogP contribution in [0, 0.1) is 10.1 Å². The molecule has 0 saturated carbocycles. The van der Waals surface area contributed by atoms with Gasteiger partial charge in [0.15, 0.2) is 0 Å². The Balaban J connectivity index is 3.05. The zero-order valence-corrected chi connectivity index (χ0v) is 10.8. The van der Waals surface area contributed by atoms with E-state index in [0.717, 1.165) is 17.0 Å². The maximum Gasteiger partial charge on any atom is 0.323 e. The fourth-order valence-corrected chi connectivity index (χ4v) is 1.71. The fourth-order valence-electron chi connectivity index (χ4n) is 1.45. The first kappa shape index (κ1) is 14.9. The van der Waals surface area contributed by atoms with Crippen molar-refractivity contribution in [3.63, 3.8) is 0 Å². The summed E-state index contributed by atoms with van der Waals surface area (Å²) in [6.07, 6.45) is 0. The second kappa shape index (κ2) is 6.14. The molecular weight excluding hydrogens is 276 g/mol. The van der Waals surface area contributed by atoms with Gasteiger partial charge in [-0.2, -0.15) is 0 Å². The Kier molecular flexibility index (Phi) is 4.82. The highest BCUT2D eigenvalue weighted by molar-refractivity contribution is 6.34. The van der Waals surface area contributed by atoms with Crippen molar-refractivity contribution in [1.29, 1.82) is 0 Å². The van der Waals surface area contributed by atoms with Gasteiger partial charge in [0.1, 0.15) is 6.54 Å². The maximum absolute atomic E-state index is 12.0. The molecule has 0 spiro atoms. The van der Waals surface area contributed by atoms with Crippen molar-refractivity contribution >= 4 is 29.2 Å². The van der Waals surface area contributed by atoms with Crippen LogP contribution in [0.4, 0.5) is 5.69 Å². The van der Waals surface area contributed by atoms with Crippen molar-refractivity contribution in [2.24, 2.45) is 0 Å². The summed E-state index contributed by atoms with van der Waals surface area (Å²) in [7, 11) is 0. The summed E-state index contributed by atoms with van der Waals surface area (Å²) in [6, 6.07) is 3.42. The third kappa shape index (κ3) is 3.65. The average molecular weight is 287 g/mol. The number of hydrogen-bond acceptors (Lipinski definition) is 4. The van der Waals surface area contributed by atoms with E-state index >= 15 is 0 Å². The van der Waals surface area contributed by atoms with Gasteiger partial charge in [-0.3, -0.25) is 19.7 Å². The number of likely N-dealkylation sites (N-methyl/N-ethyl adjacent to an activating group) is 1. The lowest BCUT2D eigenvalue weighted by molar-refractivity contribution is -0.384. The van der Waals surface area contributed by atoms with Crippen LogP contribution in [0.15, 0.2) is 18.2 Å². The molecule has 0 fully saturated rings. The number of nitro groups is 1. The van der Waals surface area contributed by atoms with Crippen LogP contribution in [0.3, 0.4) is 0 Å². The molecule has 7 nitrogen and oxygen atoms in total. The Morgan fingerprint density at radius 1 is 1.47 bits per heavy atom. The molecule has 19 heavy (non-hydrogen) atoms. The molecule has 0 radical (unpaired) electrons. The Morgan fingerprint density at radius 3 is 2.53 bits per heavy atom. The Bertz CT molecular complexity index is 532. The van der Waals surface area contributed by atoms with Gasteiger partial charge in [-0.15, -0.1) is 0 Å². The molecule has 8 heteroatoms. The minimum absolute atomic E-state index is 0.0374. The molecule has 1 aromatic rings. The fraction of sp³-hybridized carbons (Fsp3) is 0.273. The number of carboxylic acid groups (broad SMARTS) is 1. The number of benzene rings is 1. The van der Waals surface area contributed by atoms with Crippen LogP contribution in [0.2, 0.25) is 5.02 Å². The summed E-state index contributed by atoms with van der Waals surface area (Å²) < 4.78 is 0. The van der Waals surface area contributed by atoms with Gasteiger partial charge >= 0.3 is 5.97 Å². The molecule has 1 amide bonds. The molecule has 1 aromatic carbocycles. The number of aliphatic carboxylic acids is 1. The third-order valence-corrected chi connectivity index (χ3v) is 2.70. The molecule has 102 valence electrons. The number of non-ortho nitro benzene ring substituents is 1. The first-order valence-electron chi connectivity index (χ1n) is 5.31. The lowest BCUT2D eigenvalue weighted by Gasteiger charge is -2.18. The zero-order chi connectivity index (χ0) is 14.6. The zero-order valence-electron chi connectivity index (χ0n) is 10.00. The van der Waals surface area contributed by atoms with Gasteiger partial charge in [0.05, 0.1) is 15.5 Å². The minimum atomic E-state index is -1.15. The summed E-state index contributed by atoms with van der Waals surface area (Å²) in [6.45, 7) is 1.36. The molecule has 0 bridgehead atoms. The number of carbonyl (C=O) groups excluding carboxylic acids is 1. The molecule has 1 N–H and O–H groups in total. The number of hydrogen-bond donors (Lipinski definition) is 1. The van der Waals surface area contributed by atoms with Crippen LogP contribution in [0.1, 0.15) is 17.3 Å². The van der Waals surface area contributed by atoms with Crippen molar-refractivity contribution in [3.8, 4) is 0 Å². The van der Waals surface area contributed by atoms with E-state index < -0.39 is 23.3 Å². The van der Waals surface area contributed by atoms with Gasteiger partial charge < -0.3 is 10.0 Å². The SMILES string of the molecule is CCN(CC(=O)O)C(=O)c1ccc([N+](=O)[O-])cc1Cl. The third-order valence-electron chi connectivity index (χ3n) is 2.39. The first-order chi connectivity index (χ1) is 8.86. The van der Waals surface area contributed by atoms with Gasteiger partial charge in [0, 0.05) is 18.7 Å². The highest BCUT2D eigenvalue weighted by Crippen LogP contribution is 2.23. The maximum atomic E-state index is 12.0. The van der Waals surface area contributed by atoms with Crippen molar-refractivity contribution in [1.82, 2.24) is 4.90 Å². The van der Waals surface area contributed by atoms with E-state index in [1.54, 1.807) is 6.92 Å². The number of halogens is 1. The highest BCUT2D eigenvalue weighted by Gasteiger charge is 2.21. The number of nitrogens with zero attached hydrogens (tertiary/aromatic N) is 2. The second-order valence-corrected chi connectivity index (χ2v) is 4.04. The summed E-state index contributed by atoms with van der Waals surface area (Å²) in [4.78, 5) is 33.6. The van der Waals surface area contributed by atoms with Crippen LogP contribution in [-0.4, -0.2) is 39.9 Å². The number of carbonyl (C=O) groups is 2. The van der Waals surface area contributed by atoms with Crippen molar-refractivity contribution in [2.75, 3.05) is 13.1 Å². The Hall–Kier alpha value is -2.15. The molecule has 0 aromatic heterocycles. The second-order valence-electron chi connectivity index (χ2n) is 3.63. The number of amides is 1. The van der Waals surface area contributed by atoms with Gasteiger partial charge in [-0.1, -0.05) is 11.6 Å². The lowest BCUT2D eigenvalue weighted by Crippen LogP contribution is -2.35. The molecular formula is C11H11ClN2O5. The lowest BCUT2D eigenvalue weighted by atomic mass is 10.1. The molecule has 0 atom stereocenters. The normalized spacial score (nSPS) is 10.0. The Morgan fingerprint density at radius 2 is 2.11 bits per heavy atom. The average Bonchev–Trinajstić information content (AvgIpc) is 2.34. The summed E-state index contributed by atoms with van der Waals surface area (Å²) in [5.74, 6) is -1.72. The van der Waals surface area contributed by atoms with Crippen molar-refractivity contribution in [2.45, 2.75) is 6.92 Å². The molecule has 1 rings (SSSR count). The standard InChI is InChI=1S/C11H11ClN2O5/c1-2-13(6-10(15)16)11(17)8-4-3-7(14(18)19)5-9(8)12/h3-5H,2,6H2,1H3,(H,15,16). The monoisotopic (exact) mass is 286 g/mol. The van der Waals surface area contributed by atoms with E-state index in [-0.39, 0.29) is 22.8 Å². The van der Waals surface area contributed by atoms with E-state index in [1.165, 1.54) is 6.07 Å². The van der Waals surface area contributed by atoms with Crippen LogP contribution >= 0.6 is 11.6 Å². The smallest absolute Gasteiger partial charge is 0.323 e. The first-order valence-corrected chi connectivity index (χ1v) is 5.69. The number of rotatable bonds is 5. The summed E-state index contributed by atoms with van der Waals surface area (Å²) in [5.41, 5.74) is -0.196. The van der Waals surface area contributed by atoms with Crippen LogP contribution in [0.5, 0.6) is 0 Å². The highest BCUT2D eigenvalue weighted by atomic mass is 35.5. The topological polar surface area (TPSA) is 101 Å². The van der Waals surface area contributed by atoms with E-state index in [2.05, 4.69) is 0 Å². The number of carboxylic acids is 1. The van der Waals surface area contributed by atoms with Crippen molar-refractivity contribution < 1.29 is 19.6 Å². The minimum Gasteiger partial charge on any atom is -0.480 e. The summed E-state index contributed by atoms with van der Waals surface area (Å²) >= 11 is 5.81. The Labute approximate surface area is 113 Å². The van der Waals surface area contributed by atoms with Crippen LogP contribution in [-0.2, 0) is 4.79 Å². The predicted molar refractivity (Wildman–Crippen MR) is 67.3 cm³/mol. The van der Waals surface area contributed by atoms with Gasteiger partial charge in [-0.25, -0.2) is 0 Å². The molecule has 0 aliphatic heterocycles. The quantitative estimate of drug-likeness (QED) is 0.657. The summed E-state index contributed by atoms with van der Waals surface area (Å²) in [5, 5.41) is 19.1. The molecule has 0 aliphatic carbocycles. The van der Waals surface area contributed by atoms with E-state index in [0.29, 0.717) is 0 Å². The van der Waals surface area contributed by atoms with Crippen molar-refractivity contribution in [3.05, 3.63) is 38.9 Å². The van der Waals surface area contributed by atoms with Gasteiger partial charge in [-0.05, 0) is 13.0 Å². The van der Waals surface area contributed by atoms with E-state index in [1.807, 2.05) is 0 Å². The van der Waals surface area contributed by atoms with Crippen LogP contribution in [0.25, 0.3) is 0 Å². The molecule has 0 heterocycles. The van der Waals surface area contributed by atoms with Gasteiger partial charge in [0.25, 0.3) is 11.6 Å². The van der Waals surface area contributed by atoms with Gasteiger partial charge in [0.2, 0.25) is 0 Å². The molecule has 0 unspecified atom stereocenters.